The lowest BCUT2D eigenvalue weighted by atomic mass is 10.4. The van der Waals surface area contributed by atoms with Gasteiger partial charge >= 0.3 is 0 Å². The van der Waals surface area contributed by atoms with E-state index >= 15 is 0 Å². The zero-order valence-electron chi connectivity index (χ0n) is 4.94. The quantitative estimate of drug-likeness (QED) is 0.564. The first kappa shape index (κ1) is 8.14. The molecular formula is C6H4Br2FN. The molecule has 0 aliphatic carbocycles. The highest BCUT2D eigenvalue weighted by Crippen LogP contribution is 2.13. The fourth-order valence-electron chi connectivity index (χ4n) is 0.529. The summed E-state index contributed by atoms with van der Waals surface area (Å²) in [5, 5.41) is 0.581. The van der Waals surface area contributed by atoms with Crippen LogP contribution >= 0.6 is 31.9 Å². The van der Waals surface area contributed by atoms with Gasteiger partial charge in [-0.3, -0.25) is 0 Å². The average molecular weight is 269 g/mol. The molecule has 0 bridgehead atoms. The lowest BCUT2D eigenvalue weighted by Gasteiger charge is -1.95. The molecule has 0 aliphatic heterocycles. The Labute approximate surface area is 74.9 Å². The monoisotopic (exact) mass is 267 g/mol. The van der Waals surface area contributed by atoms with E-state index in [4.69, 9.17) is 0 Å². The molecule has 0 amide bonds. The Morgan fingerprint density at radius 2 is 2.20 bits per heavy atom. The summed E-state index contributed by atoms with van der Waals surface area (Å²) in [6.07, 6.45) is 0. The van der Waals surface area contributed by atoms with Crippen LogP contribution in [0.2, 0.25) is 0 Å². The van der Waals surface area contributed by atoms with Crippen LogP contribution in [0.15, 0.2) is 16.6 Å². The molecule has 0 unspecified atom stereocenters. The Bertz CT molecular complexity index is 239. The second-order valence-corrected chi connectivity index (χ2v) is 3.12. The van der Waals surface area contributed by atoms with Crippen molar-refractivity contribution >= 4 is 31.9 Å². The third-order valence-electron chi connectivity index (χ3n) is 0.998. The molecule has 0 aliphatic rings. The molecule has 0 spiro atoms. The Kier molecular flexibility index (Phi) is 2.80. The minimum absolute atomic E-state index is 0.400. The maximum Gasteiger partial charge on any atom is 0.227 e. The number of halogens is 3. The largest absolute Gasteiger partial charge is 0.227 e. The number of aromatic nitrogens is 1. The number of hydrogen-bond acceptors (Lipinski definition) is 1. The first-order chi connectivity index (χ1) is 4.74. The predicted octanol–water partition coefficient (Wildman–Crippen LogP) is 2.88. The number of alkyl halides is 1. The molecule has 10 heavy (non-hydrogen) atoms. The summed E-state index contributed by atoms with van der Waals surface area (Å²) in [5.74, 6) is -0.461. The van der Waals surface area contributed by atoms with Crippen molar-refractivity contribution in [1.82, 2.24) is 4.98 Å². The highest BCUT2D eigenvalue weighted by Gasteiger charge is 1.99. The summed E-state index contributed by atoms with van der Waals surface area (Å²) in [7, 11) is 0. The molecule has 0 fully saturated rings. The van der Waals surface area contributed by atoms with Crippen molar-refractivity contribution < 1.29 is 4.39 Å². The van der Waals surface area contributed by atoms with E-state index in [1.807, 2.05) is 0 Å². The van der Waals surface area contributed by atoms with Crippen LogP contribution in [-0.4, -0.2) is 4.98 Å². The highest BCUT2D eigenvalue weighted by atomic mass is 79.9. The smallest absolute Gasteiger partial charge is 0.223 e. The number of hydrogen-bond donors (Lipinski definition) is 0. The molecule has 0 saturated carbocycles. The molecule has 1 rings (SSSR count). The standard InChI is InChI=1S/C6H4Br2FN/c7-3-4-1-2-5(8)6(9)10-4/h1-2H,3H2. The molecule has 0 N–H and O–H groups in total. The maximum absolute atomic E-state index is 12.6. The van der Waals surface area contributed by atoms with Crippen LogP contribution in [0.25, 0.3) is 0 Å². The van der Waals surface area contributed by atoms with Gasteiger partial charge in [-0.05, 0) is 28.1 Å². The Morgan fingerprint density at radius 3 is 2.70 bits per heavy atom. The second-order valence-electron chi connectivity index (χ2n) is 1.71. The summed E-state index contributed by atoms with van der Waals surface area (Å²) in [4.78, 5) is 3.63. The Morgan fingerprint density at radius 1 is 1.50 bits per heavy atom. The van der Waals surface area contributed by atoms with E-state index in [-0.39, 0.29) is 0 Å². The van der Waals surface area contributed by atoms with Gasteiger partial charge in [0, 0.05) is 5.33 Å². The molecule has 1 heterocycles. The van der Waals surface area contributed by atoms with Gasteiger partial charge in [-0.2, -0.15) is 4.39 Å². The zero-order valence-corrected chi connectivity index (χ0v) is 8.11. The van der Waals surface area contributed by atoms with Gasteiger partial charge < -0.3 is 0 Å². The van der Waals surface area contributed by atoms with Gasteiger partial charge in [0.1, 0.15) is 0 Å². The van der Waals surface area contributed by atoms with Gasteiger partial charge in [-0.1, -0.05) is 15.9 Å². The summed E-state index contributed by atoms with van der Waals surface area (Å²) >= 11 is 6.18. The molecule has 1 aromatic rings. The molecule has 4 heteroatoms. The van der Waals surface area contributed by atoms with Gasteiger partial charge in [-0.15, -0.1) is 0 Å². The van der Waals surface area contributed by atoms with E-state index in [1.165, 1.54) is 0 Å². The molecule has 1 nitrogen and oxygen atoms in total. The lowest BCUT2D eigenvalue weighted by molar-refractivity contribution is 0.573. The van der Waals surface area contributed by atoms with E-state index in [1.54, 1.807) is 12.1 Å². The highest BCUT2D eigenvalue weighted by molar-refractivity contribution is 9.10. The van der Waals surface area contributed by atoms with Crippen molar-refractivity contribution in [2.45, 2.75) is 5.33 Å². The van der Waals surface area contributed by atoms with Gasteiger partial charge in [0.05, 0.1) is 10.2 Å². The van der Waals surface area contributed by atoms with Gasteiger partial charge in [0.2, 0.25) is 5.95 Å². The van der Waals surface area contributed by atoms with Crippen molar-refractivity contribution in [3.63, 3.8) is 0 Å². The van der Waals surface area contributed by atoms with E-state index in [0.717, 1.165) is 0 Å². The zero-order chi connectivity index (χ0) is 7.56. The van der Waals surface area contributed by atoms with Crippen LogP contribution in [0, 0.1) is 5.95 Å². The minimum atomic E-state index is -0.461. The first-order valence-corrected chi connectivity index (χ1v) is 4.52. The fourth-order valence-corrected chi connectivity index (χ4v) is 1.06. The second kappa shape index (κ2) is 3.44. The normalized spacial score (nSPS) is 9.90. The van der Waals surface area contributed by atoms with Crippen molar-refractivity contribution in [2.75, 3.05) is 0 Å². The summed E-state index contributed by atoms with van der Waals surface area (Å²) in [6, 6.07) is 3.39. The van der Waals surface area contributed by atoms with Crippen LogP contribution in [0.4, 0.5) is 4.39 Å². The van der Waals surface area contributed by atoms with Crippen molar-refractivity contribution in [3.8, 4) is 0 Å². The van der Waals surface area contributed by atoms with Crippen molar-refractivity contribution in [1.29, 1.82) is 0 Å². The summed E-state index contributed by atoms with van der Waals surface area (Å²) in [6.45, 7) is 0. The van der Waals surface area contributed by atoms with Crippen molar-refractivity contribution in [3.05, 3.63) is 28.2 Å². The van der Waals surface area contributed by atoms with Gasteiger partial charge in [0.25, 0.3) is 0 Å². The van der Waals surface area contributed by atoms with Crippen LogP contribution in [0.1, 0.15) is 5.69 Å². The van der Waals surface area contributed by atoms with Crippen LogP contribution in [0.5, 0.6) is 0 Å². The molecule has 0 radical (unpaired) electrons. The first-order valence-electron chi connectivity index (χ1n) is 2.61. The number of nitrogens with zero attached hydrogens (tertiary/aromatic N) is 1. The molecule has 0 atom stereocenters. The fraction of sp³-hybridized carbons (Fsp3) is 0.167. The number of rotatable bonds is 1. The molecular weight excluding hydrogens is 265 g/mol. The molecule has 0 aromatic carbocycles. The van der Waals surface area contributed by atoms with Gasteiger partial charge in [0.15, 0.2) is 0 Å². The van der Waals surface area contributed by atoms with Crippen LogP contribution < -0.4 is 0 Å². The number of pyridine rings is 1. The van der Waals surface area contributed by atoms with Crippen LogP contribution in [0.3, 0.4) is 0 Å². The van der Waals surface area contributed by atoms with Crippen molar-refractivity contribution in [2.24, 2.45) is 0 Å². The maximum atomic E-state index is 12.6. The van der Waals surface area contributed by atoms with E-state index in [0.29, 0.717) is 15.5 Å². The van der Waals surface area contributed by atoms with E-state index < -0.39 is 5.95 Å². The third kappa shape index (κ3) is 1.76. The van der Waals surface area contributed by atoms with Gasteiger partial charge in [-0.25, -0.2) is 4.98 Å². The minimum Gasteiger partial charge on any atom is -0.223 e. The summed E-state index contributed by atoms with van der Waals surface area (Å²) < 4.78 is 13.0. The third-order valence-corrected chi connectivity index (χ3v) is 2.16. The topological polar surface area (TPSA) is 12.9 Å². The van der Waals surface area contributed by atoms with Crippen LogP contribution in [-0.2, 0) is 5.33 Å². The lowest BCUT2D eigenvalue weighted by Crippen LogP contribution is -1.89. The molecule has 54 valence electrons. The Hall–Kier alpha value is 0.0400. The summed E-state index contributed by atoms with van der Waals surface area (Å²) in [5.41, 5.74) is 0.695. The molecule has 0 saturated heterocycles. The SMILES string of the molecule is Fc1nc(CBr)ccc1Br. The van der Waals surface area contributed by atoms with E-state index in [2.05, 4.69) is 36.8 Å². The van der Waals surface area contributed by atoms with E-state index in [9.17, 15) is 4.39 Å². The molecule has 1 aromatic heterocycles. The average Bonchev–Trinajstić information content (AvgIpc) is 1.95. The Balaban J connectivity index is 3.04. The predicted molar refractivity (Wildman–Crippen MR) is 44.5 cm³/mol.